The van der Waals surface area contributed by atoms with E-state index >= 15 is 0 Å². The number of aromatic nitrogens is 2. The highest BCUT2D eigenvalue weighted by Crippen LogP contribution is 2.37. The van der Waals surface area contributed by atoms with Crippen LogP contribution < -0.4 is 16.2 Å². The number of likely N-dealkylation sites (N-methyl/N-ethyl adjacent to an activating group) is 1. The molecule has 9 heteroatoms. The third-order valence-electron chi connectivity index (χ3n) is 4.91. The zero-order valence-corrected chi connectivity index (χ0v) is 16.2. The van der Waals surface area contributed by atoms with Crippen LogP contribution in [0.25, 0.3) is 0 Å². The smallest absolute Gasteiger partial charge is 0.339 e. The SMILES string of the molecule is CCN(Cc1cc(C)c(O)c(C(=O)O)c1)C[C@]1(C)Cc2c(N)nc(N)nc2O1. The van der Waals surface area contributed by atoms with Crippen LogP contribution in [-0.4, -0.2) is 49.7 Å². The predicted octanol–water partition coefficient (Wildman–Crippen LogP) is 1.57. The van der Waals surface area contributed by atoms with Crippen molar-refractivity contribution < 1.29 is 19.7 Å². The van der Waals surface area contributed by atoms with Gasteiger partial charge in [0.2, 0.25) is 11.8 Å². The van der Waals surface area contributed by atoms with E-state index < -0.39 is 11.6 Å². The number of fused-ring (bicyclic) bond motifs is 1. The van der Waals surface area contributed by atoms with Crippen LogP contribution in [0.15, 0.2) is 12.1 Å². The summed E-state index contributed by atoms with van der Waals surface area (Å²) in [5.41, 5.74) is 13.0. The minimum Gasteiger partial charge on any atom is -0.507 e. The standard InChI is InChI=1S/C19H25N5O4/c1-4-24(8-11-5-10(2)14(25)12(6-11)17(26)27)9-19(3)7-13-15(20)22-18(21)23-16(13)28-19/h5-6,25H,4,7-9H2,1-3H3,(H,26,27)(H4,20,21,22,23)/t19-/m0/s1. The second kappa shape index (κ2) is 7.16. The summed E-state index contributed by atoms with van der Waals surface area (Å²) in [7, 11) is 0. The van der Waals surface area contributed by atoms with Gasteiger partial charge in [-0.15, -0.1) is 0 Å². The highest BCUT2D eigenvalue weighted by Gasteiger charge is 2.39. The highest BCUT2D eigenvalue weighted by molar-refractivity contribution is 5.91. The second-order valence-electron chi connectivity index (χ2n) is 7.40. The molecular formula is C19H25N5O4. The molecule has 3 rings (SSSR count). The Morgan fingerprint density at radius 2 is 2.07 bits per heavy atom. The Kier molecular flexibility index (Phi) is 5.03. The number of anilines is 2. The van der Waals surface area contributed by atoms with Crippen LogP contribution in [0.2, 0.25) is 0 Å². The number of carbonyl (C=O) groups is 1. The van der Waals surface area contributed by atoms with Gasteiger partial charge in [-0.1, -0.05) is 13.0 Å². The molecule has 0 bridgehead atoms. The normalized spacial score (nSPS) is 18.1. The van der Waals surface area contributed by atoms with E-state index in [1.54, 1.807) is 13.0 Å². The summed E-state index contributed by atoms with van der Waals surface area (Å²) in [5, 5.41) is 19.3. The van der Waals surface area contributed by atoms with Crippen molar-refractivity contribution in [2.45, 2.75) is 39.3 Å². The van der Waals surface area contributed by atoms with E-state index in [-0.39, 0.29) is 17.3 Å². The van der Waals surface area contributed by atoms with Crippen molar-refractivity contribution in [2.24, 2.45) is 0 Å². The Labute approximate surface area is 163 Å². The molecule has 1 aliphatic heterocycles. The first-order valence-electron chi connectivity index (χ1n) is 9.01. The summed E-state index contributed by atoms with van der Waals surface area (Å²) >= 11 is 0. The van der Waals surface area contributed by atoms with Crippen LogP contribution in [0.4, 0.5) is 11.8 Å². The van der Waals surface area contributed by atoms with Crippen molar-refractivity contribution in [1.82, 2.24) is 14.9 Å². The molecule has 150 valence electrons. The molecule has 0 unspecified atom stereocenters. The Bertz CT molecular complexity index is 933. The first-order valence-corrected chi connectivity index (χ1v) is 9.01. The number of rotatable bonds is 6. The van der Waals surface area contributed by atoms with E-state index in [0.29, 0.717) is 36.8 Å². The minimum atomic E-state index is -1.15. The van der Waals surface area contributed by atoms with E-state index in [9.17, 15) is 15.0 Å². The van der Waals surface area contributed by atoms with Crippen LogP contribution in [-0.2, 0) is 13.0 Å². The quantitative estimate of drug-likeness (QED) is 0.579. The topological polar surface area (TPSA) is 148 Å². The number of benzene rings is 1. The van der Waals surface area contributed by atoms with Crippen molar-refractivity contribution in [1.29, 1.82) is 0 Å². The molecule has 0 fully saturated rings. The fourth-order valence-electron chi connectivity index (χ4n) is 3.60. The number of hydrogen-bond acceptors (Lipinski definition) is 8. The number of carboxylic acid groups (broad SMARTS) is 1. The molecule has 1 atom stereocenters. The van der Waals surface area contributed by atoms with E-state index in [1.807, 2.05) is 13.8 Å². The fraction of sp³-hybridized carbons (Fsp3) is 0.421. The summed E-state index contributed by atoms with van der Waals surface area (Å²) in [6.07, 6.45) is 0.555. The molecule has 0 spiro atoms. The zero-order valence-electron chi connectivity index (χ0n) is 16.2. The molecule has 0 amide bonds. The first-order chi connectivity index (χ1) is 13.1. The molecule has 0 aliphatic carbocycles. The van der Waals surface area contributed by atoms with E-state index in [0.717, 1.165) is 17.7 Å². The lowest BCUT2D eigenvalue weighted by Crippen LogP contribution is -2.44. The predicted molar refractivity (Wildman–Crippen MR) is 104 cm³/mol. The van der Waals surface area contributed by atoms with Gasteiger partial charge in [0, 0.05) is 19.5 Å². The van der Waals surface area contributed by atoms with Crippen molar-refractivity contribution in [3.05, 3.63) is 34.4 Å². The number of nitrogen functional groups attached to an aromatic ring is 2. The number of hydrogen-bond donors (Lipinski definition) is 4. The first kappa shape index (κ1) is 19.7. The zero-order chi connectivity index (χ0) is 20.6. The minimum absolute atomic E-state index is 0.0774. The Balaban J connectivity index is 1.79. The van der Waals surface area contributed by atoms with Crippen LogP contribution in [0, 0.1) is 6.92 Å². The molecular weight excluding hydrogens is 362 g/mol. The fourth-order valence-corrected chi connectivity index (χ4v) is 3.60. The maximum Gasteiger partial charge on any atom is 0.339 e. The number of nitrogens with zero attached hydrogens (tertiary/aromatic N) is 3. The number of aromatic carboxylic acids is 1. The van der Waals surface area contributed by atoms with Gasteiger partial charge in [0.25, 0.3) is 0 Å². The van der Waals surface area contributed by atoms with Crippen LogP contribution in [0.1, 0.15) is 40.9 Å². The van der Waals surface area contributed by atoms with Gasteiger partial charge < -0.3 is 26.4 Å². The van der Waals surface area contributed by atoms with Gasteiger partial charge >= 0.3 is 5.97 Å². The summed E-state index contributed by atoms with van der Waals surface area (Å²) in [4.78, 5) is 21.6. The lowest BCUT2D eigenvalue weighted by Gasteiger charge is -2.31. The summed E-state index contributed by atoms with van der Waals surface area (Å²) in [6, 6.07) is 3.30. The van der Waals surface area contributed by atoms with Gasteiger partial charge in [-0.3, -0.25) is 4.90 Å². The van der Waals surface area contributed by atoms with Gasteiger partial charge in [-0.2, -0.15) is 9.97 Å². The second-order valence-corrected chi connectivity index (χ2v) is 7.40. The third kappa shape index (κ3) is 3.79. The highest BCUT2D eigenvalue weighted by atomic mass is 16.5. The van der Waals surface area contributed by atoms with Gasteiger partial charge in [0.15, 0.2) is 0 Å². The van der Waals surface area contributed by atoms with E-state index in [1.165, 1.54) is 6.07 Å². The molecule has 0 saturated carbocycles. The molecule has 0 saturated heterocycles. The Morgan fingerprint density at radius 1 is 1.36 bits per heavy atom. The number of nitrogens with two attached hydrogens (primary N) is 2. The molecule has 1 aromatic heterocycles. The molecule has 2 aromatic rings. The van der Waals surface area contributed by atoms with E-state index in [4.69, 9.17) is 16.2 Å². The van der Waals surface area contributed by atoms with E-state index in [2.05, 4.69) is 14.9 Å². The Morgan fingerprint density at radius 3 is 2.71 bits per heavy atom. The van der Waals surface area contributed by atoms with Crippen molar-refractivity contribution in [3.63, 3.8) is 0 Å². The van der Waals surface area contributed by atoms with Crippen LogP contribution in [0.3, 0.4) is 0 Å². The lowest BCUT2D eigenvalue weighted by molar-refractivity contribution is 0.0589. The number of ether oxygens (including phenoxy) is 1. The van der Waals surface area contributed by atoms with Crippen LogP contribution >= 0.6 is 0 Å². The molecule has 6 N–H and O–H groups in total. The number of aryl methyl sites for hydroxylation is 1. The maximum atomic E-state index is 11.4. The Hall–Kier alpha value is -3.07. The average molecular weight is 387 g/mol. The van der Waals surface area contributed by atoms with Gasteiger partial charge in [-0.05, 0) is 37.6 Å². The molecule has 1 aliphatic rings. The summed E-state index contributed by atoms with van der Waals surface area (Å²) < 4.78 is 6.04. The molecule has 2 heterocycles. The molecule has 9 nitrogen and oxygen atoms in total. The van der Waals surface area contributed by atoms with Gasteiger partial charge in [0.05, 0.1) is 5.56 Å². The molecule has 1 aromatic carbocycles. The summed E-state index contributed by atoms with van der Waals surface area (Å²) in [5.74, 6) is -0.536. The number of aromatic hydroxyl groups is 1. The van der Waals surface area contributed by atoms with Crippen molar-refractivity contribution >= 4 is 17.7 Å². The maximum absolute atomic E-state index is 11.4. The molecule has 28 heavy (non-hydrogen) atoms. The largest absolute Gasteiger partial charge is 0.507 e. The van der Waals surface area contributed by atoms with Gasteiger partial charge in [0.1, 0.15) is 22.7 Å². The number of phenols is 1. The summed E-state index contributed by atoms with van der Waals surface area (Å²) in [6.45, 7) is 7.48. The third-order valence-corrected chi connectivity index (χ3v) is 4.91. The monoisotopic (exact) mass is 387 g/mol. The average Bonchev–Trinajstić information content (AvgIpc) is 2.93. The van der Waals surface area contributed by atoms with Crippen molar-refractivity contribution in [3.8, 4) is 11.6 Å². The lowest BCUT2D eigenvalue weighted by atomic mass is 9.98. The van der Waals surface area contributed by atoms with Gasteiger partial charge in [-0.25, -0.2) is 4.79 Å². The van der Waals surface area contributed by atoms with Crippen LogP contribution in [0.5, 0.6) is 11.6 Å². The molecule has 0 radical (unpaired) electrons. The van der Waals surface area contributed by atoms with Crippen molar-refractivity contribution in [2.75, 3.05) is 24.6 Å². The number of carboxylic acids is 1.